The first-order valence-corrected chi connectivity index (χ1v) is 5.85. The lowest BCUT2D eigenvalue weighted by Crippen LogP contribution is -2.45. The van der Waals surface area contributed by atoms with Gasteiger partial charge in [0.1, 0.15) is 5.82 Å². The highest BCUT2D eigenvalue weighted by Gasteiger charge is 2.24. The highest BCUT2D eigenvalue weighted by molar-refractivity contribution is 6.33. The molecule has 1 atom stereocenters. The van der Waals surface area contributed by atoms with Gasteiger partial charge in [-0.25, -0.2) is 4.98 Å². The summed E-state index contributed by atoms with van der Waals surface area (Å²) >= 11 is 6.16. The van der Waals surface area contributed by atoms with Gasteiger partial charge in [-0.15, -0.1) is 0 Å². The van der Waals surface area contributed by atoms with Crippen molar-refractivity contribution in [1.29, 1.82) is 0 Å². The maximum Gasteiger partial charge on any atom is 0.147 e. The van der Waals surface area contributed by atoms with E-state index in [1.165, 1.54) is 0 Å². The minimum Gasteiger partial charge on any atom is -0.397 e. The van der Waals surface area contributed by atoms with E-state index in [2.05, 4.69) is 16.8 Å². The average molecular weight is 242 g/mol. The Balaban J connectivity index is 2.27. The number of anilines is 2. The van der Waals surface area contributed by atoms with Crippen LogP contribution in [0.5, 0.6) is 0 Å². The summed E-state index contributed by atoms with van der Waals surface area (Å²) in [7, 11) is 0. The normalized spacial score (nSPS) is 21.1. The number of morpholine rings is 1. The zero-order chi connectivity index (χ0) is 11.5. The van der Waals surface area contributed by atoms with E-state index in [1.807, 2.05) is 0 Å². The molecule has 1 aromatic heterocycles. The van der Waals surface area contributed by atoms with Crippen molar-refractivity contribution in [3.63, 3.8) is 0 Å². The molecule has 0 bridgehead atoms. The van der Waals surface area contributed by atoms with Gasteiger partial charge in [-0.05, 0) is 12.5 Å². The topological polar surface area (TPSA) is 51.4 Å². The largest absolute Gasteiger partial charge is 0.397 e. The number of rotatable bonds is 2. The summed E-state index contributed by atoms with van der Waals surface area (Å²) in [6.45, 7) is 4.42. The number of nitrogens with zero attached hydrogens (tertiary/aromatic N) is 2. The second kappa shape index (κ2) is 4.89. The minimum atomic E-state index is 0.349. The van der Waals surface area contributed by atoms with Crippen LogP contribution in [0.25, 0.3) is 0 Å². The van der Waals surface area contributed by atoms with Crippen LogP contribution in [0.2, 0.25) is 5.02 Å². The number of nitrogens with two attached hydrogens (primary N) is 1. The number of pyridine rings is 1. The Morgan fingerprint density at radius 1 is 1.69 bits per heavy atom. The van der Waals surface area contributed by atoms with Gasteiger partial charge in [-0.3, -0.25) is 0 Å². The van der Waals surface area contributed by atoms with Crippen molar-refractivity contribution in [1.82, 2.24) is 4.98 Å². The van der Waals surface area contributed by atoms with Crippen LogP contribution in [-0.2, 0) is 4.74 Å². The standard InChI is InChI=1S/C11H16ClN3O/c1-2-9-7-16-4-3-15(9)11-10(12)5-8(13)6-14-11/h5-6,9H,2-4,7,13H2,1H3. The average Bonchev–Trinajstić information content (AvgIpc) is 2.29. The fourth-order valence-electron chi connectivity index (χ4n) is 1.93. The van der Waals surface area contributed by atoms with Crippen LogP contribution >= 0.6 is 11.6 Å². The molecule has 2 rings (SSSR count). The van der Waals surface area contributed by atoms with Gasteiger partial charge in [-0.1, -0.05) is 18.5 Å². The van der Waals surface area contributed by atoms with Crippen molar-refractivity contribution in [3.8, 4) is 0 Å². The number of ether oxygens (including phenoxy) is 1. The molecule has 1 aliphatic heterocycles. The molecular weight excluding hydrogens is 226 g/mol. The molecule has 16 heavy (non-hydrogen) atoms. The van der Waals surface area contributed by atoms with E-state index in [1.54, 1.807) is 12.3 Å². The summed E-state index contributed by atoms with van der Waals surface area (Å²) in [6, 6.07) is 2.09. The molecule has 2 N–H and O–H groups in total. The molecule has 0 radical (unpaired) electrons. The maximum atomic E-state index is 6.16. The molecule has 4 nitrogen and oxygen atoms in total. The molecule has 0 aromatic carbocycles. The molecule has 2 heterocycles. The zero-order valence-corrected chi connectivity index (χ0v) is 10.1. The van der Waals surface area contributed by atoms with E-state index in [9.17, 15) is 0 Å². The molecule has 0 amide bonds. The third kappa shape index (κ3) is 2.23. The van der Waals surface area contributed by atoms with Crippen molar-refractivity contribution in [3.05, 3.63) is 17.3 Å². The number of nitrogen functional groups attached to an aromatic ring is 1. The second-order valence-electron chi connectivity index (χ2n) is 3.90. The van der Waals surface area contributed by atoms with Gasteiger partial charge in [0.25, 0.3) is 0 Å². The highest BCUT2D eigenvalue weighted by Crippen LogP contribution is 2.28. The van der Waals surface area contributed by atoms with Gasteiger partial charge in [0, 0.05) is 6.54 Å². The predicted molar refractivity (Wildman–Crippen MR) is 65.9 cm³/mol. The monoisotopic (exact) mass is 241 g/mol. The highest BCUT2D eigenvalue weighted by atomic mass is 35.5. The van der Waals surface area contributed by atoms with Gasteiger partial charge in [0.2, 0.25) is 0 Å². The molecule has 0 saturated carbocycles. The molecule has 0 spiro atoms. The summed E-state index contributed by atoms with van der Waals surface area (Å²) in [5, 5.41) is 0.611. The van der Waals surface area contributed by atoms with Crippen LogP contribution in [-0.4, -0.2) is 30.8 Å². The number of hydrogen-bond acceptors (Lipinski definition) is 4. The van der Waals surface area contributed by atoms with Gasteiger partial charge >= 0.3 is 0 Å². The Morgan fingerprint density at radius 2 is 2.50 bits per heavy atom. The van der Waals surface area contributed by atoms with Crippen molar-refractivity contribution in [2.75, 3.05) is 30.4 Å². The second-order valence-corrected chi connectivity index (χ2v) is 4.31. The Labute approximate surface area is 100 Å². The molecule has 1 saturated heterocycles. The smallest absolute Gasteiger partial charge is 0.147 e. The van der Waals surface area contributed by atoms with Crippen LogP contribution < -0.4 is 10.6 Å². The Morgan fingerprint density at radius 3 is 3.19 bits per heavy atom. The van der Waals surface area contributed by atoms with Crippen LogP contribution in [0.3, 0.4) is 0 Å². The van der Waals surface area contributed by atoms with Gasteiger partial charge in [0.15, 0.2) is 0 Å². The lowest BCUT2D eigenvalue weighted by Gasteiger charge is -2.36. The third-order valence-corrected chi connectivity index (χ3v) is 3.09. The SMILES string of the molecule is CCC1COCCN1c1ncc(N)cc1Cl. The van der Waals surface area contributed by atoms with E-state index in [-0.39, 0.29) is 0 Å². The van der Waals surface area contributed by atoms with Crippen LogP contribution in [0.4, 0.5) is 11.5 Å². The fourth-order valence-corrected chi connectivity index (χ4v) is 2.21. The fraction of sp³-hybridized carbons (Fsp3) is 0.545. The van der Waals surface area contributed by atoms with Crippen LogP contribution in [0, 0.1) is 0 Å². The molecule has 1 unspecified atom stereocenters. The molecular formula is C11H16ClN3O. The Hall–Kier alpha value is -1.00. The minimum absolute atomic E-state index is 0.349. The quantitative estimate of drug-likeness (QED) is 0.860. The first-order valence-electron chi connectivity index (χ1n) is 5.47. The van der Waals surface area contributed by atoms with Crippen molar-refractivity contribution >= 4 is 23.1 Å². The maximum absolute atomic E-state index is 6.16. The molecule has 1 aliphatic rings. The summed E-state index contributed by atoms with van der Waals surface area (Å²) in [6.07, 6.45) is 2.66. The summed E-state index contributed by atoms with van der Waals surface area (Å²) in [5.41, 5.74) is 6.23. The summed E-state index contributed by atoms with van der Waals surface area (Å²) in [5.74, 6) is 0.811. The first-order chi connectivity index (χ1) is 7.72. The van der Waals surface area contributed by atoms with Gasteiger partial charge < -0.3 is 15.4 Å². The molecule has 0 aliphatic carbocycles. The van der Waals surface area contributed by atoms with Crippen molar-refractivity contribution in [2.45, 2.75) is 19.4 Å². The summed E-state index contributed by atoms with van der Waals surface area (Å²) < 4.78 is 5.45. The van der Waals surface area contributed by atoms with Crippen molar-refractivity contribution in [2.24, 2.45) is 0 Å². The third-order valence-electron chi connectivity index (χ3n) is 2.81. The van der Waals surface area contributed by atoms with Gasteiger partial charge in [-0.2, -0.15) is 0 Å². The molecule has 1 aromatic rings. The van der Waals surface area contributed by atoms with E-state index in [0.29, 0.717) is 16.8 Å². The Bertz CT molecular complexity index is 372. The number of halogens is 1. The lowest BCUT2D eigenvalue weighted by molar-refractivity contribution is 0.0926. The summed E-state index contributed by atoms with van der Waals surface area (Å²) in [4.78, 5) is 6.51. The Kier molecular flexibility index (Phi) is 3.51. The van der Waals surface area contributed by atoms with Crippen molar-refractivity contribution < 1.29 is 4.74 Å². The van der Waals surface area contributed by atoms with E-state index < -0.39 is 0 Å². The lowest BCUT2D eigenvalue weighted by atomic mass is 10.2. The number of hydrogen-bond donors (Lipinski definition) is 1. The predicted octanol–water partition coefficient (Wildman–Crippen LogP) is 1.93. The van der Waals surface area contributed by atoms with E-state index in [0.717, 1.165) is 32.0 Å². The van der Waals surface area contributed by atoms with Crippen LogP contribution in [0.15, 0.2) is 12.3 Å². The molecule has 5 heteroatoms. The van der Waals surface area contributed by atoms with E-state index in [4.69, 9.17) is 22.1 Å². The van der Waals surface area contributed by atoms with Crippen LogP contribution in [0.1, 0.15) is 13.3 Å². The van der Waals surface area contributed by atoms with E-state index >= 15 is 0 Å². The molecule has 88 valence electrons. The first kappa shape index (κ1) is 11.5. The van der Waals surface area contributed by atoms with Gasteiger partial charge in [0.05, 0.1) is 36.2 Å². The number of aromatic nitrogens is 1. The zero-order valence-electron chi connectivity index (χ0n) is 9.32. The molecule has 1 fully saturated rings.